The van der Waals surface area contributed by atoms with Gasteiger partial charge in [-0.05, 0) is 31.9 Å². The fourth-order valence-electron chi connectivity index (χ4n) is 2.97. The smallest absolute Gasteiger partial charge is 0.273 e. The van der Waals surface area contributed by atoms with Gasteiger partial charge in [-0.25, -0.2) is 4.98 Å². The maximum absolute atomic E-state index is 12.9. The van der Waals surface area contributed by atoms with E-state index in [1.165, 1.54) is 11.3 Å². The van der Waals surface area contributed by atoms with Crippen LogP contribution in [0.5, 0.6) is 0 Å². The first kappa shape index (κ1) is 15.0. The Labute approximate surface area is 141 Å². The number of carbonyl (C=O) groups excluding carboxylic acids is 1. The first-order valence-electron chi connectivity index (χ1n) is 7.76. The van der Waals surface area contributed by atoms with Crippen LogP contribution in [0, 0.1) is 6.92 Å². The molecule has 0 radical (unpaired) electrons. The zero-order valence-corrected chi connectivity index (χ0v) is 13.9. The van der Waals surface area contributed by atoms with Gasteiger partial charge in [-0.15, -0.1) is 21.5 Å². The Hall–Kier alpha value is -2.55. The maximum Gasteiger partial charge on any atom is 0.273 e. The fraction of sp³-hybridized carbons (Fsp3) is 0.400. The number of likely N-dealkylation sites (tertiary alicyclic amines) is 1. The second-order valence-corrected chi connectivity index (χ2v) is 6.96. The van der Waals surface area contributed by atoms with Gasteiger partial charge in [0, 0.05) is 23.9 Å². The van der Waals surface area contributed by atoms with E-state index in [2.05, 4.69) is 25.6 Å². The number of hydrogen-bond donors (Lipinski definition) is 1. The molecule has 1 fully saturated rings. The average molecular weight is 344 g/mol. The third-order valence-corrected chi connectivity index (χ3v) is 5.15. The summed E-state index contributed by atoms with van der Waals surface area (Å²) in [5.74, 6) is 1.42. The third kappa shape index (κ3) is 2.71. The summed E-state index contributed by atoms with van der Waals surface area (Å²) in [5.41, 5.74) is 0.500. The molecule has 1 N–H and O–H groups in total. The molecule has 24 heavy (non-hydrogen) atoms. The van der Waals surface area contributed by atoms with Crippen LogP contribution >= 0.6 is 11.3 Å². The van der Waals surface area contributed by atoms with E-state index >= 15 is 0 Å². The van der Waals surface area contributed by atoms with E-state index in [-0.39, 0.29) is 11.8 Å². The van der Waals surface area contributed by atoms with Crippen molar-refractivity contribution < 1.29 is 9.21 Å². The predicted molar refractivity (Wildman–Crippen MR) is 86.6 cm³/mol. The normalized spacial score (nSPS) is 18.0. The number of aryl methyl sites for hydroxylation is 1. The van der Waals surface area contributed by atoms with Gasteiger partial charge < -0.3 is 9.32 Å². The van der Waals surface area contributed by atoms with Crippen molar-refractivity contribution in [3.63, 3.8) is 0 Å². The highest BCUT2D eigenvalue weighted by atomic mass is 32.1. The van der Waals surface area contributed by atoms with E-state index in [4.69, 9.17) is 4.42 Å². The SMILES string of the molecule is Cc1sc(-c2ccco2)nc1C(=O)N1CCC[C@H](c2nn[nH]n2)C1. The molecule has 8 nitrogen and oxygen atoms in total. The second kappa shape index (κ2) is 6.16. The van der Waals surface area contributed by atoms with E-state index in [1.54, 1.807) is 6.26 Å². The molecule has 0 saturated carbocycles. The van der Waals surface area contributed by atoms with Gasteiger partial charge in [0.2, 0.25) is 0 Å². The molecule has 3 aromatic rings. The number of amides is 1. The molecule has 124 valence electrons. The quantitative estimate of drug-likeness (QED) is 0.782. The van der Waals surface area contributed by atoms with E-state index in [0.717, 1.165) is 29.3 Å². The lowest BCUT2D eigenvalue weighted by atomic mass is 9.97. The van der Waals surface area contributed by atoms with Gasteiger partial charge in [-0.1, -0.05) is 5.21 Å². The Bertz CT molecular complexity index is 826. The monoisotopic (exact) mass is 344 g/mol. The minimum Gasteiger partial charge on any atom is -0.462 e. The van der Waals surface area contributed by atoms with Crippen LogP contribution < -0.4 is 0 Å². The summed E-state index contributed by atoms with van der Waals surface area (Å²) in [5, 5.41) is 14.9. The van der Waals surface area contributed by atoms with Gasteiger partial charge in [0.1, 0.15) is 5.69 Å². The fourth-order valence-corrected chi connectivity index (χ4v) is 3.84. The van der Waals surface area contributed by atoms with Crippen molar-refractivity contribution >= 4 is 17.2 Å². The van der Waals surface area contributed by atoms with Gasteiger partial charge in [-0.2, -0.15) is 5.21 Å². The molecule has 0 spiro atoms. The highest BCUT2D eigenvalue weighted by Crippen LogP contribution is 2.30. The third-order valence-electron chi connectivity index (χ3n) is 4.17. The van der Waals surface area contributed by atoms with Crippen LogP contribution in [0.25, 0.3) is 10.8 Å². The molecule has 0 aliphatic carbocycles. The molecule has 0 unspecified atom stereocenters. The highest BCUT2D eigenvalue weighted by Gasteiger charge is 2.30. The maximum atomic E-state index is 12.9. The number of hydrogen-bond acceptors (Lipinski definition) is 7. The lowest BCUT2D eigenvalue weighted by Gasteiger charge is -2.30. The van der Waals surface area contributed by atoms with Crippen molar-refractivity contribution in [2.45, 2.75) is 25.7 Å². The Kier molecular flexibility index (Phi) is 3.85. The van der Waals surface area contributed by atoms with Gasteiger partial charge >= 0.3 is 0 Å². The number of nitrogens with zero attached hydrogens (tertiary/aromatic N) is 5. The molecule has 4 rings (SSSR count). The lowest BCUT2D eigenvalue weighted by molar-refractivity contribution is 0.0698. The first-order chi connectivity index (χ1) is 11.7. The topological polar surface area (TPSA) is 101 Å². The van der Waals surface area contributed by atoms with Crippen LogP contribution in [-0.2, 0) is 0 Å². The molecule has 0 aromatic carbocycles. The standard InChI is InChI=1S/C15H16N6O2S/c1-9-12(16-14(24-9)11-5-3-7-23-11)15(22)21-6-2-4-10(8-21)13-17-19-20-18-13/h3,5,7,10H,2,4,6,8H2,1H3,(H,17,18,19,20)/t10-/m0/s1. The van der Waals surface area contributed by atoms with Crippen LogP contribution in [0.1, 0.15) is 39.9 Å². The van der Waals surface area contributed by atoms with E-state index < -0.39 is 0 Å². The Morgan fingerprint density at radius 1 is 1.50 bits per heavy atom. The van der Waals surface area contributed by atoms with Crippen LogP contribution in [-0.4, -0.2) is 49.5 Å². The number of aromatic nitrogens is 5. The van der Waals surface area contributed by atoms with Gasteiger partial charge in [0.15, 0.2) is 16.6 Å². The minimum atomic E-state index is -0.0465. The number of H-pyrrole nitrogens is 1. The first-order valence-corrected chi connectivity index (χ1v) is 8.58. The molecule has 4 heterocycles. The Morgan fingerprint density at radius 3 is 3.17 bits per heavy atom. The average Bonchev–Trinajstić information content (AvgIpc) is 3.35. The van der Waals surface area contributed by atoms with E-state index in [0.29, 0.717) is 23.8 Å². The van der Waals surface area contributed by atoms with Crippen molar-refractivity contribution in [3.8, 4) is 10.8 Å². The van der Waals surface area contributed by atoms with Crippen LogP contribution in [0.4, 0.5) is 0 Å². The zero-order valence-electron chi connectivity index (χ0n) is 13.1. The minimum absolute atomic E-state index is 0.0465. The summed E-state index contributed by atoms with van der Waals surface area (Å²) in [4.78, 5) is 20.1. The summed E-state index contributed by atoms with van der Waals surface area (Å²) in [7, 11) is 0. The van der Waals surface area contributed by atoms with Crippen LogP contribution in [0.15, 0.2) is 22.8 Å². The molecular formula is C15H16N6O2S. The largest absolute Gasteiger partial charge is 0.462 e. The number of rotatable bonds is 3. The number of aromatic amines is 1. The Morgan fingerprint density at radius 2 is 2.42 bits per heavy atom. The van der Waals surface area contributed by atoms with E-state index in [1.807, 2.05) is 24.0 Å². The van der Waals surface area contributed by atoms with Gasteiger partial charge in [0.25, 0.3) is 5.91 Å². The number of nitrogens with one attached hydrogen (secondary N) is 1. The zero-order chi connectivity index (χ0) is 16.5. The van der Waals surface area contributed by atoms with Gasteiger partial charge in [0.05, 0.1) is 6.26 Å². The molecule has 1 atom stereocenters. The molecule has 0 bridgehead atoms. The number of piperidine rings is 1. The molecule has 1 saturated heterocycles. The number of carbonyl (C=O) groups is 1. The molecule has 1 amide bonds. The molecule has 9 heteroatoms. The molecule has 3 aromatic heterocycles. The summed E-state index contributed by atoms with van der Waals surface area (Å²) in [6.07, 6.45) is 3.48. The summed E-state index contributed by atoms with van der Waals surface area (Å²) in [6, 6.07) is 3.66. The lowest BCUT2D eigenvalue weighted by Crippen LogP contribution is -2.39. The van der Waals surface area contributed by atoms with Crippen molar-refractivity contribution in [3.05, 3.63) is 34.8 Å². The van der Waals surface area contributed by atoms with Crippen LogP contribution in [0.3, 0.4) is 0 Å². The molecule has 1 aliphatic heterocycles. The Balaban J connectivity index is 1.55. The number of tetrazole rings is 1. The van der Waals surface area contributed by atoms with Crippen molar-refractivity contribution in [1.82, 2.24) is 30.5 Å². The van der Waals surface area contributed by atoms with Crippen molar-refractivity contribution in [2.75, 3.05) is 13.1 Å². The predicted octanol–water partition coefficient (Wildman–Crippen LogP) is 2.24. The summed E-state index contributed by atoms with van der Waals surface area (Å²) in [6.45, 7) is 3.23. The van der Waals surface area contributed by atoms with Crippen molar-refractivity contribution in [1.29, 1.82) is 0 Å². The van der Waals surface area contributed by atoms with E-state index in [9.17, 15) is 4.79 Å². The highest BCUT2D eigenvalue weighted by molar-refractivity contribution is 7.15. The summed E-state index contributed by atoms with van der Waals surface area (Å²) < 4.78 is 5.38. The summed E-state index contributed by atoms with van der Waals surface area (Å²) >= 11 is 1.47. The second-order valence-electron chi connectivity index (χ2n) is 5.76. The van der Waals surface area contributed by atoms with Crippen molar-refractivity contribution in [2.24, 2.45) is 0 Å². The van der Waals surface area contributed by atoms with Gasteiger partial charge in [-0.3, -0.25) is 4.79 Å². The molecular weight excluding hydrogens is 328 g/mol. The van der Waals surface area contributed by atoms with Crippen LogP contribution in [0.2, 0.25) is 0 Å². The molecule has 1 aliphatic rings. The number of furan rings is 1. The number of thiazole rings is 1.